The van der Waals surface area contributed by atoms with Gasteiger partial charge in [-0.1, -0.05) is 18.0 Å². The lowest BCUT2D eigenvalue weighted by Crippen LogP contribution is -2.53. The Bertz CT molecular complexity index is 897. The molecule has 3 atom stereocenters. The number of hydrazone groups is 1. The smallest absolute Gasteiger partial charge is 0.295 e. The van der Waals surface area contributed by atoms with Crippen LogP contribution in [0.2, 0.25) is 0 Å². The van der Waals surface area contributed by atoms with Gasteiger partial charge in [0, 0.05) is 12.0 Å². The normalized spacial score (nSPS) is 31.1. The second kappa shape index (κ2) is 5.54. The van der Waals surface area contributed by atoms with Gasteiger partial charge in [0.1, 0.15) is 17.6 Å². The van der Waals surface area contributed by atoms with Gasteiger partial charge >= 0.3 is 0 Å². The number of nitrogens with one attached hydrogen (secondary N) is 1. The van der Waals surface area contributed by atoms with Crippen LogP contribution in [0.5, 0.6) is 0 Å². The van der Waals surface area contributed by atoms with Crippen molar-refractivity contribution in [1.82, 2.24) is 25.1 Å². The van der Waals surface area contributed by atoms with Crippen LogP contribution in [-0.2, 0) is 5.60 Å². The average molecular weight is 369 g/mol. The van der Waals surface area contributed by atoms with Crippen LogP contribution in [0.3, 0.4) is 0 Å². The number of nitrogens with zero attached hydrogens (tertiary/aromatic N) is 6. The summed E-state index contributed by atoms with van der Waals surface area (Å²) < 4.78 is 7.81. The fourth-order valence-electron chi connectivity index (χ4n) is 5.34. The maximum atomic E-state index is 10.8. The monoisotopic (exact) mass is 369 g/mol. The summed E-state index contributed by atoms with van der Waals surface area (Å²) >= 11 is 0. The molecule has 2 aliphatic heterocycles. The average Bonchev–Trinajstić information content (AvgIpc) is 3.45. The Morgan fingerprint density at radius 3 is 2.93 bits per heavy atom. The summed E-state index contributed by atoms with van der Waals surface area (Å²) in [5, 5.41) is 19.4. The Morgan fingerprint density at radius 1 is 1.19 bits per heavy atom. The van der Waals surface area contributed by atoms with E-state index < -0.39 is 5.60 Å². The Labute approximate surface area is 156 Å². The van der Waals surface area contributed by atoms with Gasteiger partial charge in [-0.3, -0.25) is 10.3 Å². The van der Waals surface area contributed by atoms with Gasteiger partial charge in [-0.25, -0.2) is 4.98 Å². The first-order valence-corrected chi connectivity index (χ1v) is 9.96. The largest absolute Gasteiger partial charge is 0.382 e. The van der Waals surface area contributed by atoms with Gasteiger partial charge in [-0.05, 0) is 38.5 Å². The summed E-state index contributed by atoms with van der Waals surface area (Å²) in [6.45, 7) is 0. The highest BCUT2D eigenvalue weighted by Crippen LogP contribution is 2.45. The minimum absolute atomic E-state index is 0.0828. The Hall–Kier alpha value is -2.42. The van der Waals surface area contributed by atoms with E-state index in [4.69, 9.17) is 4.52 Å². The quantitative estimate of drug-likeness (QED) is 0.832. The molecule has 4 aliphatic rings. The number of hydrogen-bond donors (Lipinski definition) is 2. The van der Waals surface area contributed by atoms with Gasteiger partial charge in [0.15, 0.2) is 0 Å². The van der Waals surface area contributed by atoms with E-state index in [1.165, 1.54) is 19.3 Å². The number of fused-ring (bicyclic) bond motifs is 6. The van der Waals surface area contributed by atoms with Crippen LogP contribution in [0.1, 0.15) is 69.1 Å². The summed E-state index contributed by atoms with van der Waals surface area (Å²) in [7, 11) is 0. The summed E-state index contributed by atoms with van der Waals surface area (Å²) in [4.78, 5) is 11.1. The van der Waals surface area contributed by atoms with Gasteiger partial charge < -0.3 is 14.2 Å². The summed E-state index contributed by atoms with van der Waals surface area (Å²) in [6.07, 6.45) is 12.0. The van der Waals surface area contributed by atoms with Crippen molar-refractivity contribution in [2.45, 2.75) is 69.2 Å². The molecule has 2 fully saturated rings. The van der Waals surface area contributed by atoms with Crippen molar-refractivity contribution in [2.24, 2.45) is 11.0 Å². The van der Waals surface area contributed by atoms with Crippen molar-refractivity contribution in [2.75, 3.05) is 4.90 Å². The highest BCUT2D eigenvalue weighted by Gasteiger charge is 2.48. The maximum Gasteiger partial charge on any atom is 0.295 e. The predicted octanol–water partition coefficient (Wildman–Crippen LogP) is 1.87. The molecule has 2 N–H and O–H groups in total. The molecule has 0 amide bonds. The molecule has 2 aromatic rings. The first kappa shape index (κ1) is 15.6. The first-order valence-electron chi connectivity index (χ1n) is 9.96. The Balaban J connectivity index is 1.38. The van der Waals surface area contributed by atoms with E-state index in [1.807, 2.05) is 12.5 Å². The summed E-state index contributed by atoms with van der Waals surface area (Å²) in [6, 6.07) is 0.456. The molecule has 2 saturated carbocycles. The lowest BCUT2D eigenvalue weighted by Gasteiger charge is -2.45. The van der Waals surface area contributed by atoms with Gasteiger partial charge in [0.2, 0.25) is 11.7 Å². The van der Waals surface area contributed by atoms with E-state index in [2.05, 4.69) is 35.1 Å². The number of hydrogen-bond acceptors (Lipinski definition) is 8. The molecule has 2 aromatic heterocycles. The molecule has 6 rings (SSSR count). The van der Waals surface area contributed by atoms with Gasteiger partial charge in [-0.2, -0.15) is 10.1 Å². The third kappa shape index (κ3) is 2.14. The van der Waals surface area contributed by atoms with Crippen LogP contribution in [-0.4, -0.2) is 36.8 Å². The third-order valence-corrected chi connectivity index (χ3v) is 6.71. The molecule has 3 unspecified atom stereocenters. The van der Waals surface area contributed by atoms with E-state index in [9.17, 15) is 5.11 Å². The Kier molecular flexibility index (Phi) is 3.21. The zero-order valence-electron chi connectivity index (χ0n) is 15.1. The zero-order valence-corrected chi connectivity index (χ0v) is 15.1. The molecule has 9 nitrogen and oxygen atoms in total. The molecule has 0 aromatic carbocycles. The predicted molar refractivity (Wildman–Crippen MR) is 95.8 cm³/mol. The Morgan fingerprint density at radius 2 is 2.04 bits per heavy atom. The molecule has 9 heteroatoms. The third-order valence-electron chi connectivity index (χ3n) is 6.71. The number of rotatable bonds is 2. The molecule has 0 bridgehead atoms. The van der Waals surface area contributed by atoms with Crippen molar-refractivity contribution in [1.29, 1.82) is 0 Å². The second-order valence-corrected chi connectivity index (χ2v) is 8.22. The topological polar surface area (TPSA) is 105 Å². The van der Waals surface area contributed by atoms with Gasteiger partial charge in [0.05, 0.1) is 12.5 Å². The number of aromatic nitrogens is 4. The van der Waals surface area contributed by atoms with Crippen LogP contribution >= 0.6 is 0 Å². The van der Waals surface area contributed by atoms with Crippen LogP contribution < -0.4 is 10.3 Å². The highest BCUT2D eigenvalue weighted by atomic mass is 16.5. The lowest BCUT2D eigenvalue weighted by atomic mass is 9.80. The fourth-order valence-corrected chi connectivity index (χ4v) is 5.34. The number of imidazole rings is 1. The van der Waals surface area contributed by atoms with Crippen molar-refractivity contribution in [3.8, 4) is 0 Å². The molecule has 0 saturated heterocycles. The van der Waals surface area contributed by atoms with Gasteiger partial charge in [-0.15, -0.1) is 0 Å². The summed E-state index contributed by atoms with van der Waals surface area (Å²) in [5.74, 6) is 2.81. The van der Waals surface area contributed by atoms with Crippen molar-refractivity contribution >= 4 is 11.7 Å². The first-order chi connectivity index (χ1) is 13.2. The molecule has 4 heterocycles. The van der Waals surface area contributed by atoms with Crippen LogP contribution in [0.15, 0.2) is 22.1 Å². The van der Waals surface area contributed by atoms with Crippen molar-refractivity contribution < 1.29 is 9.63 Å². The standard InChI is InChI=1S/C18H23N7O2/c26-18(7-3-4-8-18)17-20-16(27-23-17)15-22-21-14-11-5-1-2-6-12(11)24-10-19-9-13(24)25(14)15/h9-12,14,21,26H,1-8H2. The molecule has 2 aliphatic carbocycles. The molecular formula is C18H23N7O2. The number of aliphatic hydroxyl groups is 1. The number of amidine groups is 1. The highest BCUT2D eigenvalue weighted by molar-refractivity contribution is 6.08. The minimum atomic E-state index is -0.966. The maximum absolute atomic E-state index is 10.8. The lowest BCUT2D eigenvalue weighted by molar-refractivity contribution is 0.0328. The van der Waals surface area contributed by atoms with E-state index in [0.717, 1.165) is 25.1 Å². The van der Waals surface area contributed by atoms with E-state index in [-0.39, 0.29) is 6.17 Å². The van der Waals surface area contributed by atoms with Crippen molar-refractivity contribution in [3.63, 3.8) is 0 Å². The summed E-state index contributed by atoms with van der Waals surface area (Å²) in [5.41, 5.74) is 2.34. The van der Waals surface area contributed by atoms with Gasteiger partial charge in [0.25, 0.3) is 5.89 Å². The van der Waals surface area contributed by atoms with E-state index >= 15 is 0 Å². The van der Waals surface area contributed by atoms with Crippen molar-refractivity contribution in [3.05, 3.63) is 24.2 Å². The molecule has 0 radical (unpaired) electrons. The van der Waals surface area contributed by atoms with Crippen LogP contribution in [0.25, 0.3) is 0 Å². The molecular weight excluding hydrogens is 346 g/mol. The number of anilines is 1. The van der Waals surface area contributed by atoms with E-state index in [1.54, 1.807) is 0 Å². The molecule has 142 valence electrons. The molecule has 0 spiro atoms. The zero-order chi connectivity index (χ0) is 18.0. The molecule has 27 heavy (non-hydrogen) atoms. The van der Waals surface area contributed by atoms with Crippen LogP contribution in [0, 0.1) is 5.92 Å². The fraction of sp³-hybridized carbons (Fsp3) is 0.667. The van der Waals surface area contributed by atoms with E-state index in [0.29, 0.717) is 42.4 Å². The van der Waals surface area contributed by atoms with Crippen LogP contribution in [0.4, 0.5) is 5.82 Å². The second-order valence-electron chi connectivity index (χ2n) is 8.22. The minimum Gasteiger partial charge on any atom is -0.382 e. The SMILES string of the molecule is OC1(c2noc(C3=NNC4C5CCCCC5n5cncc5N34)n2)CCCC1.